The molecule has 3 nitrogen and oxygen atoms in total. The Morgan fingerprint density at radius 3 is 2.73 bits per heavy atom. The van der Waals surface area contributed by atoms with Crippen LogP contribution in [0.1, 0.15) is 31.4 Å². The van der Waals surface area contributed by atoms with Gasteiger partial charge in [-0.2, -0.15) is 18.3 Å². The predicted octanol–water partition coefficient (Wildman–Crippen LogP) is 2.28. The summed E-state index contributed by atoms with van der Waals surface area (Å²) in [6, 6.07) is 0. The lowest BCUT2D eigenvalue weighted by Crippen LogP contribution is -2.12. The fourth-order valence-corrected chi connectivity index (χ4v) is 1.15. The largest absolute Gasteiger partial charge is 0.390 e. The summed E-state index contributed by atoms with van der Waals surface area (Å²) < 4.78 is 36.8. The van der Waals surface area contributed by atoms with E-state index in [0.717, 1.165) is 0 Å². The van der Waals surface area contributed by atoms with Gasteiger partial charge in [0, 0.05) is 18.3 Å². The van der Waals surface area contributed by atoms with E-state index in [4.69, 9.17) is 0 Å². The summed E-state index contributed by atoms with van der Waals surface area (Å²) >= 11 is 0. The van der Waals surface area contributed by atoms with Crippen molar-refractivity contribution < 1.29 is 18.3 Å². The molecule has 1 N–H and O–H groups in total. The Kier molecular flexibility index (Phi) is 3.73. The molecule has 1 atom stereocenters. The average molecular weight is 222 g/mol. The first-order chi connectivity index (χ1) is 6.92. The van der Waals surface area contributed by atoms with Crippen LogP contribution in [-0.2, 0) is 6.54 Å². The van der Waals surface area contributed by atoms with Gasteiger partial charge in [0.05, 0.1) is 18.7 Å². The number of hydrogen-bond acceptors (Lipinski definition) is 2. The maximum absolute atomic E-state index is 11.9. The summed E-state index contributed by atoms with van der Waals surface area (Å²) in [5, 5.41) is 13.1. The molecule has 0 radical (unpaired) electrons. The van der Waals surface area contributed by atoms with Crippen molar-refractivity contribution in [1.82, 2.24) is 9.78 Å². The number of aromatic nitrogens is 2. The summed E-state index contributed by atoms with van der Waals surface area (Å²) in [5.74, 6) is 0. The van der Waals surface area contributed by atoms with Crippen LogP contribution in [0.4, 0.5) is 13.2 Å². The highest BCUT2D eigenvalue weighted by molar-refractivity contribution is 5.07. The van der Waals surface area contributed by atoms with E-state index in [1.165, 1.54) is 17.1 Å². The third kappa shape index (κ3) is 3.91. The Bertz CT molecular complexity index is 309. The van der Waals surface area contributed by atoms with Crippen molar-refractivity contribution in [2.45, 2.75) is 38.6 Å². The first-order valence-electron chi connectivity index (χ1n) is 4.69. The van der Waals surface area contributed by atoms with Crippen molar-refractivity contribution in [1.29, 1.82) is 0 Å². The first kappa shape index (κ1) is 12.0. The fourth-order valence-electron chi connectivity index (χ4n) is 1.15. The molecule has 1 heterocycles. The van der Waals surface area contributed by atoms with Crippen LogP contribution in [0.5, 0.6) is 0 Å². The quantitative estimate of drug-likeness (QED) is 0.848. The van der Waals surface area contributed by atoms with Gasteiger partial charge in [-0.3, -0.25) is 4.68 Å². The van der Waals surface area contributed by atoms with Crippen molar-refractivity contribution in [2.75, 3.05) is 0 Å². The highest BCUT2D eigenvalue weighted by atomic mass is 19.4. The van der Waals surface area contributed by atoms with Crippen LogP contribution in [-0.4, -0.2) is 21.1 Å². The molecular formula is C9H13F3N2O. The van der Waals surface area contributed by atoms with Gasteiger partial charge in [-0.15, -0.1) is 0 Å². The van der Waals surface area contributed by atoms with Crippen molar-refractivity contribution >= 4 is 0 Å². The Labute approximate surface area is 85.5 Å². The number of aliphatic hydroxyl groups is 1. The van der Waals surface area contributed by atoms with Gasteiger partial charge < -0.3 is 5.11 Å². The number of alkyl halides is 3. The second-order valence-electron chi connectivity index (χ2n) is 3.33. The third-order valence-electron chi connectivity index (χ3n) is 2.05. The van der Waals surface area contributed by atoms with E-state index in [2.05, 4.69) is 5.10 Å². The highest BCUT2D eigenvalue weighted by Gasteiger charge is 2.26. The number of nitrogens with zero attached hydrogens (tertiary/aromatic N) is 2. The van der Waals surface area contributed by atoms with Gasteiger partial charge >= 0.3 is 6.18 Å². The third-order valence-corrected chi connectivity index (χ3v) is 2.05. The number of halogens is 3. The van der Waals surface area contributed by atoms with Crippen LogP contribution < -0.4 is 0 Å². The SMILES string of the molecule is CCC(O)c1cnn(CCC(F)(F)F)c1. The normalized spacial score (nSPS) is 14.2. The van der Waals surface area contributed by atoms with Gasteiger partial charge in [-0.25, -0.2) is 0 Å². The highest BCUT2D eigenvalue weighted by Crippen LogP contribution is 2.21. The average Bonchev–Trinajstić information content (AvgIpc) is 2.61. The van der Waals surface area contributed by atoms with E-state index >= 15 is 0 Å². The Hall–Kier alpha value is -1.04. The molecule has 0 aromatic carbocycles. The van der Waals surface area contributed by atoms with Crippen LogP contribution in [0, 0.1) is 0 Å². The molecule has 0 saturated carbocycles. The monoisotopic (exact) mass is 222 g/mol. The predicted molar refractivity (Wildman–Crippen MR) is 48.1 cm³/mol. The molecule has 0 aliphatic heterocycles. The maximum atomic E-state index is 11.9. The molecule has 0 amide bonds. The van der Waals surface area contributed by atoms with Gasteiger partial charge in [0.25, 0.3) is 0 Å². The van der Waals surface area contributed by atoms with Gasteiger partial charge in [-0.05, 0) is 6.42 Å². The molecule has 0 aliphatic rings. The lowest BCUT2D eigenvalue weighted by Gasteiger charge is -2.06. The lowest BCUT2D eigenvalue weighted by atomic mass is 10.2. The summed E-state index contributed by atoms with van der Waals surface area (Å²) in [6.07, 6.45) is -2.37. The van der Waals surface area contributed by atoms with Crippen molar-refractivity contribution in [3.63, 3.8) is 0 Å². The van der Waals surface area contributed by atoms with E-state index in [-0.39, 0.29) is 6.54 Å². The summed E-state index contributed by atoms with van der Waals surface area (Å²) in [7, 11) is 0. The Morgan fingerprint density at radius 2 is 2.20 bits per heavy atom. The lowest BCUT2D eigenvalue weighted by molar-refractivity contribution is -0.137. The first-order valence-corrected chi connectivity index (χ1v) is 4.69. The molecule has 0 spiro atoms. The number of aliphatic hydroxyl groups excluding tert-OH is 1. The van der Waals surface area contributed by atoms with Crippen molar-refractivity contribution in [3.05, 3.63) is 18.0 Å². The topological polar surface area (TPSA) is 38.1 Å². The van der Waals surface area contributed by atoms with Gasteiger partial charge in [0.2, 0.25) is 0 Å². The molecule has 15 heavy (non-hydrogen) atoms. The van der Waals surface area contributed by atoms with Gasteiger partial charge in [-0.1, -0.05) is 6.92 Å². The van der Waals surface area contributed by atoms with Gasteiger partial charge in [0.1, 0.15) is 0 Å². The zero-order valence-electron chi connectivity index (χ0n) is 8.33. The van der Waals surface area contributed by atoms with Crippen LogP contribution in [0.2, 0.25) is 0 Å². The smallest absolute Gasteiger partial charge is 0.388 e. The van der Waals surface area contributed by atoms with Crippen LogP contribution in [0.3, 0.4) is 0 Å². The van der Waals surface area contributed by atoms with Crippen LogP contribution in [0.15, 0.2) is 12.4 Å². The summed E-state index contributed by atoms with van der Waals surface area (Å²) in [6.45, 7) is 1.58. The Balaban J connectivity index is 2.53. The molecule has 0 aliphatic carbocycles. The molecule has 6 heteroatoms. The van der Waals surface area contributed by atoms with Crippen LogP contribution >= 0.6 is 0 Å². The molecule has 0 bridgehead atoms. The maximum Gasteiger partial charge on any atom is 0.390 e. The summed E-state index contributed by atoms with van der Waals surface area (Å²) in [5.41, 5.74) is 0.555. The minimum absolute atomic E-state index is 0.208. The molecule has 1 unspecified atom stereocenters. The Morgan fingerprint density at radius 1 is 1.53 bits per heavy atom. The van der Waals surface area contributed by atoms with Gasteiger partial charge in [0.15, 0.2) is 0 Å². The number of rotatable bonds is 4. The minimum atomic E-state index is -4.17. The molecule has 1 rings (SSSR count). The molecule has 1 aromatic rings. The van der Waals surface area contributed by atoms with E-state index in [1.807, 2.05) is 0 Å². The molecule has 1 aromatic heterocycles. The van der Waals surface area contributed by atoms with E-state index in [0.29, 0.717) is 12.0 Å². The second kappa shape index (κ2) is 4.65. The minimum Gasteiger partial charge on any atom is -0.388 e. The van der Waals surface area contributed by atoms with Crippen molar-refractivity contribution in [2.24, 2.45) is 0 Å². The molecule has 0 saturated heterocycles. The number of hydrogen-bond donors (Lipinski definition) is 1. The van der Waals surface area contributed by atoms with Crippen LogP contribution in [0.25, 0.3) is 0 Å². The number of aryl methyl sites for hydroxylation is 1. The zero-order valence-corrected chi connectivity index (χ0v) is 8.33. The molecular weight excluding hydrogens is 209 g/mol. The molecule has 86 valence electrons. The van der Waals surface area contributed by atoms with E-state index < -0.39 is 18.7 Å². The van der Waals surface area contributed by atoms with E-state index in [9.17, 15) is 18.3 Å². The standard InChI is InChI=1S/C9H13F3N2O/c1-2-8(15)7-5-13-14(6-7)4-3-9(10,11)12/h5-6,8,15H,2-4H2,1H3. The van der Waals surface area contributed by atoms with E-state index in [1.54, 1.807) is 6.92 Å². The zero-order chi connectivity index (χ0) is 11.5. The summed E-state index contributed by atoms with van der Waals surface area (Å²) in [4.78, 5) is 0. The van der Waals surface area contributed by atoms with Crippen molar-refractivity contribution in [3.8, 4) is 0 Å². The second-order valence-corrected chi connectivity index (χ2v) is 3.33. The fraction of sp³-hybridized carbons (Fsp3) is 0.667. The molecule has 0 fully saturated rings.